The molecule has 7 heteroatoms. The highest BCUT2D eigenvalue weighted by Gasteiger charge is 2.39. The van der Waals surface area contributed by atoms with Crippen molar-refractivity contribution in [2.24, 2.45) is 5.92 Å². The lowest BCUT2D eigenvalue weighted by molar-refractivity contribution is 0.0538. The Bertz CT molecular complexity index is 820. The summed E-state index contributed by atoms with van der Waals surface area (Å²) in [6, 6.07) is 6.95. The van der Waals surface area contributed by atoms with E-state index in [9.17, 15) is 9.59 Å². The summed E-state index contributed by atoms with van der Waals surface area (Å²) in [7, 11) is 1.59. The predicted octanol–water partition coefficient (Wildman–Crippen LogP) is 2.20. The first-order chi connectivity index (χ1) is 13.2. The number of ether oxygens (including phenoxy) is 1. The van der Waals surface area contributed by atoms with E-state index in [2.05, 4.69) is 4.98 Å². The number of hydrogen-bond donors (Lipinski definition) is 0. The number of fused-ring (bicyclic) bond motifs is 4. The molecule has 3 fully saturated rings. The highest BCUT2D eigenvalue weighted by molar-refractivity contribution is 5.94. The van der Waals surface area contributed by atoms with Gasteiger partial charge in [0.2, 0.25) is 0 Å². The van der Waals surface area contributed by atoms with Gasteiger partial charge in [-0.1, -0.05) is 0 Å². The third-order valence-electron chi connectivity index (χ3n) is 5.35. The predicted molar refractivity (Wildman–Crippen MR) is 97.1 cm³/mol. The van der Waals surface area contributed by atoms with Crippen molar-refractivity contribution in [3.8, 4) is 0 Å². The molecule has 2 bridgehead atoms. The lowest BCUT2D eigenvalue weighted by atomic mass is 9.95. The van der Waals surface area contributed by atoms with E-state index in [-0.39, 0.29) is 23.8 Å². The molecule has 0 aromatic carbocycles. The average Bonchev–Trinajstić information content (AvgIpc) is 2.97. The first-order valence-corrected chi connectivity index (χ1v) is 9.23. The van der Waals surface area contributed by atoms with Gasteiger partial charge >= 0.3 is 0 Å². The molecule has 2 amide bonds. The van der Waals surface area contributed by atoms with Crippen molar-refractivity contribution in [3.05, 3.63) is 53.7 Å². The van der Waals surface area contributed by atoms with Crippen molar-refractivity contribution >= 4 is 11.8 Å². The fourth-order valence-electron chi connectivity index (χ4n) is 4.03. The maximum Gasteiger partial charge on any atom is 0.289 e. The minimum absolute atomic E-state index is 0.00368. The van der Waals surface area contributed by atoms with Crippen molar-refractivity contribution in [2.45, 2.75) is 25.5 Å². The number of nitrogens with zero attached hydrogens (tertiary/aromatic N) is 3. The molecule has 0 aliphatic carbocycles. The summed E-state index contributed by atoms with van der Waals surface area (Å²) in [5, 5.41) is 0. The molecule has 5 rings (SSSR count). The minimum atomic E-state index is -0.106. The first kappa shape index (κ1) is 17.7. The van der Waals surface area contributed by atoms with Gasteiger partial charge in [-0.05, 0) is 43.0 Å². The number of amides is 2. The number of furan rings is 1. The molecular weight excluding hydrogens is 346 g/mol. The molecule has 2 aromatic rings. The molecule has 2 atom stereocenters. The van der Waals surface area contributed by atoms with Crippen LogP contribution in [-0.2, 0) is 11.3 Å². The molecular formula is C20H23N3O4. The van der Waals surface area contributed by atoms with E-state index in [0.29, 0.717) is 43.3 Å². The molecule has 142 valence electrons. The minimum Gasteiger partial charge on any atom is -0.453 e. The maximum absolute atomic E-state index is 13.0. The fraction of sp³-hybridized carbons (Fsp3) is 0.450. The normalized spacial score (nSPS) is 22.0. The van der Waals surface area contributed by atoms with Crippen LogP contribution in [-0.4, -0.2) is 59.4 Å². The molecule has 2 aromatic heterocycles. The van der Waals surface area contributed by atoms with Gasteiger partial charge in [-0.2, -0.15) is 0 Å². The second kappa shape index (κ2) is 7.52. The summed E-state index contributed by atoms with van der Waals surface area (Å²) in [5.41, 5.74) is 0.638. The maximum atomic E-state index is 13.0. The molecule has 5 heterocycles. The molecule has 7 nitrogen and oxygen atoms in total. The summed E-state index contributed by atoms with van der Waals surface area (Å²) in [4.78, 5) is 33.6. The van der Waals surface area contributed by atoms with Crippen LogP contribution in [0.3, 0.4) is 0 Å². The van der Waals surface area contributed by atoms with Gasteiger partial charge in [0, 0.05) is 50.7 Å². The van der Waals surface area contributed by atoms with Crippen molar-refractivity contribution in [1.29, 1.82) is 0 Å². The third-order valence-corrected chi connectivity index (χ3v) is 5.35. The van der Waals surface area contributed by atoms with Crippen molar-refractivity contribution in [2.75, 3.05) is 26.7 Å². The van der Waals surface area contributed by atoms with Crippen molar-refractivity contribution in [3.63, 3.8) is 0 Å². The van der Waals surface area contributed by atoms with E-state index in [1.165, 1.54) is 0 Å². The zero-order valence-corrected chi connectivity index (χ0v) is 15.3. The molecule has 0 N–H and O–H groups in total. The first-order valence-electron chi connectivity index (χ1n) is 9.23. The topological polar surface area (TPSA) is 75.9 Å². The van der Waals surface area contributed by atoms with Crippen LogP contribution < -0.4 is 0 Å². The molecule has 0 radical (unpaired) electrons. The Morgan fingerprint density at radius 3 is 2.70 bits per heavy atom. The van der Waals surface area contributed by atoms with Gasteiger partial charge in [0.05, 0.1) is 0 Å². The Kier molecular flexibility index (Phi) is 4.94. The Balaban J connectivity index is 1.51. The van der Waals surface area contributed by atoms with Crippen LogP contribution in [0.2, 0.25) is 0 Å². The number of methoxy groups -OCH3 is 1. The van der Waals surface area contributed by atoms with E-state index in [4.69, 9.17) is 9.15 Å². The SMILES string of the molecule is COCc1ccc(C(=O)N2C[C@H]3CC[C@@H]2CN(C(=O)c2ccncc2)C3)o1. The smallest absolute Gasteiger partial charge is 0.289 e. The Hall–Kier alpha value is -2.67. The van der Waals surface area contributed by atoms with Crippen LogP contribution in [0.4, 0.5) is 0 Å². The standard InChI is InChI=1S/C20H23N3O4/c1-26-13-17-4-5-18(27-17)20(25)23-11-14-2-3-16(23)12-22(10-14)19(24)15-6-8-21-9-7-15/h4-9,14,16H,2-3,10-13H2,1H3/t14-,16+/m0/s1. The largest absolute Gasteiger partial charge is 0.453 e. The van der Waals surface area contributed by atoms with Crippen LogP contribution in [0.15, 0.2) is 41.1 Å². The second-order valence-electron chi connectivity index (χ2n) is 7.20. The Morgan fingerprint density at radius 2 is 1.93 bits per heavy atom. The molecule has 0 unspecified atom stereocenters. The van der Waals surface area contributed by atoms with Gasteiger partial charge in [0.15, 0.2) is 5.76 Å². The Morgan fingerprint density at radius 1 is 1.11 bits per heavy atom. The molecule has 0 saturated carbocycles. The number of carbonyl (C=O) groups excluding carboxylic acids is 2. The van der Waals surface area contributed by atoms with Crippen LogP contribution in [0.5, 0.6) is 0 Å². The quantitative estimate of drug-likeness (QED) is 0.826. The summed E-state index contributed by atoms with van der Waals surface area (Å²) in [5.74, 6) is 1.15. The van der Waals surface area contributed by atoms with E-state index in [1.54, 1.807) is 43.8 Å². The summed E-state index contributed by atoms with van der Waals surface area (Å²) in [6.45, 7) is 2.22. The van der Waals surface area contributed by atoms with Crippen LogP contribution in [0, 0.1) is 5.92 Å². The number of aromatic nitrogens is 1. The van der Waals surface area contributed by atoms with Crippen LogP contribution in [0.1, 0.15) is 39.5 Å². The van der Waals surface area contributed by atoms with Gasteiger partial charge in [-0.3, -0.25) is 14.6 Å². The fourth-order valence-corrected chi connectivity index (χ4v) is 4.03. The van der Waals surface area contributed by atoms with Crippen molar-refractivity contribution < 1.29 is 18.7 Å². The number of piperidine rings is 1. The summed E-state index contributed by atoms with van der Waals surface area (Å²) < 4.78 is 10.7. The molecule has 3 aliphatic heterocycles. The van der Waals surface area contributed by atoms with Gasteiger partial charge in [0.1, 0.15) is 12.4 Å². The van der Waals surface area contributed by atoms with Gasteiger partial charge < -0.3 is 19.0 Å². The van der Waals surface area contributed by atoms with Gasteiger partial charge in [-0.25, -0.2) is 0 Å². The lowest BCUT2D eigenvalue weighted by Crippen LogP contribution is -2.47. The monoisotopic (exact) mass is 369 g/mol. The van der Waals surface area contributed by atoms with Crippen molar-refractivity contribution in [1.82, 2.24) is 14.8 Å². The van der Waals surface area contributed by atoms with E-state index >= 15 is 0 Å². The lowest BCUT2D eigenvalue weighted by Gasteiger charge is -2.35. The molecule has 27 heavy (non-hydrogen) atoms. The number of hydrogen-bond acceptors (Lipinski definition) is 5. The van der Waals surface area contributed by atoms with Crippen LogP contribution in [0.25, 0.3) is 0 Å². The van der Waals surface area contributed by atoms with E-state index in [1.807, 2.05) is 9.80 Å². The summed E-state index contributed by atoms with van der Waals surface area (Å²) in [6.07, 6.45) is 5.19. The zero-order valence-electron chi connectivity index (χ0n) is 15.3. The zero-order chi connectivity index (χ0) is 18.8. The van der Waals surface area contributed by atoms with Gasteiger partial charge in [-0.15, -0.1) is 0 Å². The molecule has 3 aliphatic rings. The third kappa shape index (κ3) is 3.60. The van der Waals surface area contributed by atoms with Gasteiger partial charge in [0.25, 0.3) is 11.8 Å². The molecule has 0 spiro atoms. The number of rotatable bonds is 4. The second-order valence-corrected chi connectivity index (χ2v) is 7.20. The Labute approximate surface area is 157 Å². The average molecular weight is 369 g/mol. The summed E-state index contributed by atoms with van der Waals surface area (Å²) >= 11 is 0. The number of carbonyl (C=O) groups is 2. The highest BCUT2D eigenvalue weighted by Crippen LogP contribution is 2.30. The molecule has 3 saturated heterocycles. The van der Waals surface area contributed by atoms with E-state index < -0.39 is 0 Å². The van der Waals surface area contributed by atoms with Crippen LogP contribution >= 0.6 is 0 Å². The number of pyridine rings is 1. The highest BCUT2D eigenvalue weighted by atomic mass is 16.5. The van der Waals surface area contributed by atoms with E-state index in [0.717, 1.165) is 12.8 Å².